The molecule has 0 saturated carbocycles. The SMILES string of the molecule is C[CH](C)[Zr+2][c]1c(C2C=CC=C2)ccc2c1Cc1ccccc1-2.[Cl-].[Cl-]. The van der Waals surface area contributed by atoms with E-state index in [0.29, 0.717) is 5.92 Å². The molecule has 0 aliphatic heterocycles. The molecule has 122 valence electrons. The molecule has 0 radical (unpaired) electrons. The van der Waals surface area contributed by atoms with Crippen LogP contribution < -0.4 is 28.1 Å². The van der Waals surface area contributed by atoms with Crippen LogP contribution in [-0.4, -0.2) is 0 Å². The average Bonchev–Trinajstić information content (AvgIpc) is 3.14. The van der Waals surface area contributed by atoms with E-state index in [2.05, 4.69) is 74.5 Å². The fraction of sp³-hybridized carbons (Fsp3) is 0.238. The molecular weight excluding hydrogens is 414 g/mol. The van der Waals surface area contributed by atoms with Crippen molar-refractivity contribution in [2.45, 2.75) is 29.8 Å². The smallest absolute Gasteiger partial charge is 1.00 e. The van der Waals surface area contributed by atoms with Gasteiger partial charge in [0.15, 0.2) is 0 Å². The minimum atomic E-state index is -0.560. The molecule has 2 aliphatic rings. The molecule has 24 heavy (non-hydrogen) atoms. The minimum absolute atomic E-state index is 0. The van der Waals surface area contributed by atoms with E-state index < -0.39 is 23.2 Å². The summed E-state index contributed by atoms with van der Waals surface area (Å²) < 4.78 is 2.61. The molecule has 2 aliphatic carbocycles. The standard InChI is InChI=1S/C18H13.C3H7.2ClH.Zr/c1-2-6-13(5-1)14-9-10-18-16(11-14)12-15-7-3-4-8-17(15)18;1-3-2;;;/h1-10,13H,12H2;3H,1-2H3;2*1H;/q;;;;+2/p-2. The van der Waals surface area contributed by atoms with E-state index in [1.165, 1.54) is 16.7 Å². The van der Waals surface area contributed by atoms with Crippen LogP contribution in [0.3, 0.4) is 0 Å². The van der Waals surface area contributed by atoms with Crippen LogP contribution in [0.1, 0.15) is 36.5 Å². The molecule has 0 amide bonds. The number of fused-ring (bicyclic) bond motifs is 3. The van der Waals surface area contributed by atoms with Crippen LogP contribution in [-0.2, 0) is 29.7 Å². The molecular formula is C21H20Cl2Zr. The van der Waals surface area contributed by atoms with E-state index in [9.17, 15) is 0 Å². The van der Waals surface area contributed by atoms with Crippen LogP contribution in [0.25, 0.3) is 11.1 Å². The monoisotopic (exact) mass is 432 g/mol. The minimum Gasteiger partial charge on any atom is -1.00 e. The maximum Gasteiger partial charge on any atom is -1.00 e. The molecule has 0 nitrogen and oxygen atoms in total. The van der Waals surface area contributed by atoms with Gasteiger partial charge in [-0.3, -0.25) is 0 Å². The largest absolute Gasteiger partial charge is 1.00 e. The van der Waals surface area contributed by atoms with E-state index in [1.807, 2.05) is 0 Å². The number of halogens is 2. The molecule has 0 unspecified atom stereocenters. The van der Waals surface area contributed by atoms with Gasteiger partial charge in [-0.05, 0) is 0 Å². The first kappa shape index (κ1) is 19.7. The first-order chi connectivity index (χ1) is 10.7. The third-order valence-corrected chi connectivity index (χ3v) is 8.14. The molecule has 0 heterocycles. The zero-order valence-corrected chi connectivity index (χ0v) is 17.9. The Hall–Kier alpha value is -0.617. The van der Waals surface area contributed by atoms with E-state index in [4.69, 9.17) is 0 Å². The van der Waals surface area contributed by atoms with Crippen molar-refractivity contribution in [3.05, 3.63) is 77.4 Å². The second-order valence-electron chi connectivity index (χ2n) is 6.48. The molecule has 2 aromatic carbocycles. The molecule has 2 aromatic rings. The van der Waals surface area contributed by atoms with Crippen molar-refractivity contribution in [3.8, 4) is 11.1 Å². The van der Waals surface area contributed by atoms with Crippen LogP contribution in [0.15, 0.2) is 60.7 Å². The first-order valence-electron chi connectivity index (χ1n) is 8.09. The van der Waals surface area contributed by atoms with E-state index in [-0.39, 0.29) is 24.8 Å². The molecule has 0 fully saturated rings. The van der Waals surface area contributed by atoms with Gasteiger partial charge in [0.05, 0.1) is 0 Å². The number of allylic oxidation sites excluding steroid dienone is 4. The first-order valence-corrected chi connectivity index (χ1v) is 10.7. The predicted molar refractivity (Wildman–Crippen MR) is 90.4 cm³/mol. The Morgan fingerprint density at radius 1 is 0.917 bits per heavy atom. The van der Waals surface area contributed by atoms with Gasteiger partial charge in [-0.1, -0.05) is 0 Å². The van der Waals surface area contributed by atoms with Gasteiger partial charge in [0.25, 0.3) is 0 Å². The molecule has 0 atom stereocenters. The van der Waals surface area contributed by atoms with Gasteiger partial charge in [-0.25, -0.2) is 0 Å². The maximum atomic E-state index is 2.41. The Morgan fingerprint density at radius 3 is 2.33 bits per heavy atom. The van der Waals surface area contributed by atoms with Crippen LogP contribution in [0, 0.1) is 0 Å². The normalized spacial score (nSPS) is 14.0. The van der Waals surface area contributed by atoms with Crippen molar-refractivity contribution in [2.75, 3.05) is 0 Å². The van der Waals surface area contributed by atoms with E-state index >= 15 is 0 Å². The number of benzene rings is 2. The Bertz CT molecular complexity index is 778. The van der Waals surface area contributed by atoms with Gasteiger partial charge in [-0.15, -0.1) is 0 Å². The van der Waals surface area contributed by atoms with Crippen molar-refractivity contribution < 1.29 is 48.0 Å². The molecule has 0 N–H and O–H groups in total. The number of rotatable bonds is 3. The Morgan fingerprint density at radius 2 is 1.62 bits per heavy atom. The summed E-state index contributed by atoms with van der Waals surface area (Å²) in [6.07, 6.45) is 10.2. The van der Waals surface area contributed by atoms with Crippen molar-refractivity contribution in [3.63, 3.8) is 0 Å². The summed E-state index contributed by atoms with van der Waals surface area (Å²) in [6, 6.07) is 13.7. The van der Waals surface area contributed by atoms with Crippen molar-refractivity contribution in [2.24, 2.45) is 0 Å². The number of hydrogen-bond acceptors (Lipinski definition) is 0. The zero-order valence-electron chi connectivity index (χ0n) is 13.9. The van der Waals surface area contributed by atoms with Gasteiger partial charge in [0.2, 0.25) is 0 Å². The summed E-state index contributed by atoms with van der Waals surface area (Å²) in [6.45, 7) is 4.80. The van der Waals surface area contributed by atoms with Crippen LogP contribution in [0.4, 0.5) is 0 Å². The maximum absolute atomic E-state index is 2.41. The van der Waals surface area contributed by atoms with E-state index in [0.717, 1.165) is 10.0 Å². The molecule has 3 heteroatoms. The van der Waals surface area contributed by atoms with Crippen molar-refractivity contribution in [1.82, 2.24) is 0 Å². The Balaban J connectivity index is 0.00000104. The van der Waals surface area contributed by atoms with Gasteiger partial charge < -0.3 is 24.8 Å². The topological polar surface area (TPSA) is 0 Å². The van der Waals surface area contributed by atoms with Gasteiger partial charge >= 0.3 is 145 Å². The summed E-state index contributed by atoms with van der Waals surface area (Å²) in [5.74, 6) is 0.503. The quantitative estimate of drug-likeness (QED) is 0.497. The zero-order chi connectivity index (χ0) is 15.1. The molecule has 0 aromatic heterocycles. The number of hydrogen-bond donors (Lipinski definition) is 0. The fourth-order valence-corrected chi connectivity index (χ4v) is 7.03. The molecule has 0 bridgehead atoms. The summed E-state index contributed by atoms with van der Waals surface area (Å²) in [5.41, 5.74) is 7.70. The summed E-state index contributed by atoms with van der Waals surface area (Å²) in [4.78, 5) is 0. The van der Waals surface area contributed by atoms with Gasteiger partial charge in [-0.2, -0.15) is 0 Å². The Labute approximate surface area is 168 Å². The fourth-order valence-electron chi connectivity index (χ4n) is 3.61. The predicted octanol–water partition coefficient (Wildman–Crippen LogP) is -0.988. The van der Waals surface area contributed by atoms with E-state index in [1.54, 1.807) is 14.4 Å². The summed E-state index contributed by atoms with van der Waals surface area (Å²) >= 11 is -0.560. The average molecular weight is 435 g/mol. The van der Waals surface area contributed by atoms with Crippen LogP contribution in [0.5, 0.6) is 0 Å². The van der Waals surface area contributed by atoms with Gasteiger partial charge in [0.1, 0.15) is 0 Å². The molecule has 0 saturated heterocycles. The third-order valence-electron chi connectivity index (χ3n) is 4.56. The van der Waals surface area contributed by atoms with Crippen LogP contribution in [0.2, 0.25) is 3.63 Å². The van der Waals surface area contributed by atoms with Crippen molar-refractivity contribution >= 4 is 3.27 Å². The molecule has 0 spiro atoms. The Kier molecular flexibility index (Phi) is 6.71. The second kappa shape index (κ2) is 8.17. The van der Waals surface area contributed by atoms with Gasteiger partial charge in [0, 0.05) is 0 Å². The summed E-state index contributed by atoms with van der Waals surface area (Å²) in [7, 11) is 0. The van der Waals surface area contributed by atoms with Crippen LogP contribution >= 0.6 is 0 Å². The summed E-state index contributed by atoms with van der Waals surface area (Å²) in [5, 5.41) is 0. The molecule has 4 rings (SSSR count). The van der Waals surface area contributed by atoms with Crippen molar-refractivity contribution in [1.29, 1.82) is 0 Å². The second-order valence-corrected chi connectivity index (χ2v) is 11.3. The third kappa shape index (κ3) is 3.50.